The third kappa shape index (κ3) is 2.75. The first kappa shape index (κ1) is 15.7. The molecule has 124 valence electrons. The fraction of sp³-hybridized carbons (Fsp3) is 0. The number of fused-ring (bicyclic) bond motifs is 1. The van der Waals surface area contributed by atoms with Crippen LogP contribution in [0.25, 0.3) is 27.2 Å². The third-order valence-electron chi connectivity index (χ3n) is 3.75. The van der Waals surface area contributed by atoms with Crippen LogP contribution in [0.2, 0.25) is 0 Å². The Kier molecular flexibility index (Phi) is 3.70. The van der Waals surface area contributed by atoms with E-state index < -0.39 is 5.97 Å². The molecule has 0 unspecified atom stereocenters. The van der Waals surface area contributed by atoms with E-state index in [4.69, 9.17) is 17.3 Å². The van der Waals surface area contributed by atoms with Crippen molar-refractivity contribution in [1.29, 1.82) is 0 Å². The van der Waals surface area contributed by atoms with Gasteiger partial charge in [-0.25, -0.2) is 9.18 Å². The van der Waals surface area contributed by atoms with E-state index >= 15 is 0 Å². The Hall–Kier alpha value is -2.84. The van der Waals surface area contributed by atoms with Crippen molar-refractivity contribution in [2.45, 2.75) is 0 Å². The van der Waals surface area contributed by atoms with E-state index in [2.05, 4.69) is 10.2 Å². The molecule has 0 radical (unpaired) electrons. The van der Waals surface area contributed by atoms with Crippen LogP contribution in [-0.2, 0) is 0 Å². The van der Waals surface area contributed by atoms with Gasteiger partial charge in [0.2, 0.25) is 0 Å². The second-order valence-electron chi connectivity index (χ2n) is 5.33. The summed E-state index contributed by atoms with van der Waals surface area (Å²) in [5, 5.41) is 17.0. The number of nitrogens with zero attached hydrogens (tertiary/aromatic N) is 2. The molecule has 2 aromatic carbocycles. The number of thiophene rings is 1. The third-order valence-corrected chi connectivity index (χ3v) is 5.11. The summed E-state index contributed by atoms with van der Waals surface area (Å²) < 4.78 is 16.1. The fourth-order valence-electron chi connectivity index (χ4n) is 2.59. The molecule has 2 N–H and O–H groups in total. The summed E-state index contributed by atoms with van der Waals surface area (Å²) >= 11 is 6.53. The zero-order valence-electron chi connectivity index (χ0n) is 12.6. The van der Waals surface area contributed by atoms with E-state index in [1.165, 1.54) is 23.5 Å². The maximum absolute atomic E-state index is 13.2. The molecule has 0 saturated heterocycles. The van der Waals surface area contributed by atoms with Gasteiger partial charge in [0.1, 0.15) is 10.7 Å². The number of hydrogen-bond donors (Lipinski definition) is 2. The largest absolute Gasteiger partial charge is 0.477 e. The molecular weight excluding hydrogens is 361 g/mol. The smallest absolute Gasteiger partial charge is 0.345 e. The minimum absolute atomic E-state index is 0.279. The van der Waals surface area contributed by atoms with E-state index in [0.29, 0.717) is 16.2 Å². The first-order valence-corrected chi connectivity index (χ1v) is 8.46. The van der Waals surface area contributed by atoms with Crippen LogP contribution >= 0.6 is 23.6 Å². The van der Waals surface area contributed by atoms with Crippen LogP contribution in [-0.4, -0.2) is 25.8 Å². The summed E-state index contributed by atoms with van der Waals surface area (Å²) in [4.78, 5) is 11.4. The van der Waals surface area contributed by atoms with Crippen LogP contribution in [0.15, 0.2) is 48.5 Å². The van der Waals surface area contributed by atoms with Crippen molar-refractivity contribution in [1.82, 2.24) is 14.8 Å². The SMILES string of the molecule is O=C(O)c1cc2ccc(-n3c(-c4ccc(F)cc4)n[nH]c3=S)cc2s1. The normalized spacial score (nSPS) is 11.1. The molecule has 2 heterocycles. The van der Waals surface area contributed by atoms with E-state index in [0.717, 1.165) is 15.8 Å². The molecule has 25 heavy (non-hydrogen) atoms. The highest BCUT2D eigenvalue weighted by Crippen LogP contribution is 2.29. The van der Waals surface area contributed by atoms with Crippen LogP contribution < -0.4 is 0 Å². The van der Waals surface area contributed by atoms with Crippen LogP contribution in [0, 0.1) is 10.6 Å². The Balaban J connectivity index is 1.88. The Labute approximate surface area is 150 Å². The molecule has 5 nitrogen and oxygen atoms in total. The van der Waals surface area contributed by atoms with E-state index in [9.17, 15) is 9.18 Å². The highest BCUT2D eigenvalue weighted by atomic mass is 32.1. The molecule has 4 rings (SSSR count). The lowest BCUT2D eigenvalue weighted by Crippen LogP contribution is -1.97. The van der Waals surface area contributed by atoms with Gasteiger partial charge in [0, 0.05) is 10.3 Å². The van der Waals surface area contributed by atoms with Crippen molar-refractivity contribution in [3.05, 3.63) is 64.0 Å². The number of rotatable bonds is 3. The van der Waals surface area contributed by atoms with Gasteiger partial charge in [0.15, 0.2) is 10.6 Å². The van der Waals surface area contributed by atoms with Gasteiger partial charge in [0.25, 0.3) is 0 Å². The Morgan fingerprint density at radius 1 is 1.20 bits per heavy atom. The van der Waals surface area contributed by atoms with Gasteiger partial charge in [-0.1, -0.05) is 6.07 Å². The van der Waals surface area contributed by atoms with Crippen molar-refractivity contribution in [3.63, 3.8) is 0 Å². The summed E-state index contributed by atoms with van der Waals surface area (Å²) in [6, 6.07) is 13.2. The molecule has 0 saturated carbocycles. The zero-order chi connectivity index (χ0) is 17.6. The number of aromatic nitrogens is 3. The first-order valence-electron chi connectivity index (χ1n) is 7.23. The number of carboxylic acids is 1. The van der Waals surface area contributed by atoms with Crippen molar-refractivity contribution < 1.29 is 14.3 Å². The summed E-state index contributed by atoms with van der Waals surface area (Å²) in [5.74, 6) is -0.723. The minimum Gasteiger partial charge on any atom is -0.477 e. The van der Waals surface area contributed by atoms with Crippen molar-refractivity contribution >= 4 is 39.6 Å². The second-order valence-corrected chi connectivity index (χ2v) is 6.80. The molecular formula is C17H10FN3O2S2. The predicted octanol–water partition coefficient (Wildman–Crippen LogP) is 4.65. The van der Waals surface area contributed by atoms with Crippen LogP contribution in [0.3, 0.4) is 0 Å². The maximum atomic E-state index is 13.2. The number of aromatic amines is 1. The summed E-state index contributed by atoms with van der Waals surface area (Å²) in [5.41, 5.74) is 1.47. The lowest BCUT2D eigenvalue weighted by Gasteiger charge is -2.07. The van der Waals surface area contributed by atoms with E-state index in [1.54, 1.807) is 22.8 Å². The predicted molar refractivity (Wildman–Crippen MR) is 96.5 cm³/mol. The first-order chi connectivity index (χ1) is 12.0. The second kappa shape index (κ2) is 5.91. The number of benzene rings is 2. The van der Waals surface area contributed by atoms with Gasteiger partial charge >= 0.3 is 5.97 Å². The van der Waals surface area contributed by atoms with E-state index in [-0.39, 0.29) is 10.7 Å². The van der Waals surface area contributed by atoms with Gasteiger partial charge in [0.05, 0.1) is 5.69 Å². The lowest BCUT2D eigenvalue weighted by atomic mass is 10.2. The fourth-order valence-corrected chi connectivity index (χ4v) is 3.77. The van der Waals surface area contributed by atoms with Crippen molar-refractivity contribution in [2.24, 2.45) is 0 Å². The van der Waals surface area contributed by atoms with E-state index in [1.807, 2.05) is 18.2 Å². The number of carboxylic acid groups (broad SMARTS) is 1. The molecule has 2 aromatic heterocycles. The van der Waals surface area contributed by atoms with Gasteiger partial charge < -0.3 is 5.11 Å². The van der Waals surface area contributed by atoms with Gasteiger partial charge in [-0.2, -0.15) is 5.10 Å². The number of hydrogen-bond acceptors (Lipinski definition) is 4. The summed E-state index contributed by atoms with van der Waals surface area (Å²) in [7, 11) is 0. The summed E-state index contributed by atoms with van der Waals surface area (Å²) in [6.07, 6.45) is 0. The molecule has 0 fully saturated rings. The number of nitrogens with one attached hydrogen (secondary N) is 1. The topological polar surface area (TPSA) is 70.9 Å². The highest BCUT2D eigenvalue weighted by molar-refractivity contribution is 7.71. The van der Waals surface area contributed by atoms with Gasteiger partial charge in [-0.3, -0.25) is 9.67 Å². The van der Waals surface area contributed by atoms with Gasteiger partial charge in [-0.15, -0.1) is 11.3 Å². The quantitative estimate of drug-likeness (QED) is 0.514. The molecule has 0 aliphatic heterocycles. The Morgan fingerprint density at radius 3 is 2.68 bits per heavy atom. The number of halogens is 1. The monoisotopic (exact) mass is 371 g/mol. The average molecular weight is 371 g/mol. The molecule has 0 amide bonds. The molecule has 0 aliphatic carbocycles. The van der Waals surface area contributed by atoms with Crippen molar-refractivity contribution in [2.75, 3.05) is 0 Å². The maximum Gasteiger partial charge on any atom is 0.345 e. The number of carbonyl (C=O) groups is 1. The van der Waals surface area contributed by atoms with Gasteiger partial charge in [-0.05, 0) is 60.1 Å². The average Bonchev–Trinajstić information content (AvgIpc) is 3.18. The summed E-state index contributed by atoms with van der Waals surface area (Å²) in [6.45, 7) is 0. The molecule has 0 atom stereocenters. The lowest BCUT2D eigenvalue weighted by molar-refractivity contribution is 0.0702. The molecule has 4 aromatic rings. The highest BCUT2D eigenvalue weighted by Gasteiger charge is 2.13. The van der Waals surface area contributed by atoms with Crippen LogP contribution in [0.4, 0.5) is 4.39 Å². The van der Waals surface area contributed by atoms with Crippen LogP contribution in [0.1, 0.15) is 9.67 Å². The molecule has 8 heteroatoms. The molecule has 0 bridgehead atoms. The zero-order valence-corrected chi connectivity index (χ0v) is 14.2. The van der Waals surface area contributed by atoms with Crippen molar-refractivity contribution in [3.8, 4) is 17.1 Å². The Morgan fingerprint density at radius 2 is 1.96 bits per heavy atom. The number of H-pyrrole nitrogens is 1. The van der Waals surface area contributed by atoms with Crippen LogP contribution in [0.5, 0.6) is 0 Å². The molecule has 0 aliphatic rings. The Bertz CT molecular complexity index is 1160. The minimum atomic E-state index is -0.949. The number of aromatic carboxylic acids is 1. The standard InChI is InChI=1S/C17H10FN3O2S2/c18-11-4-1-9(2-5-11)15-19-20-17(24)21(15)12-6-3-10-7-14(16(22)23)25-13(10)8-12/h1-8H,(H,20,24)(H,22,23). The molecule has 0 spiro atoms.